The number of Topliss-reactive ketones (excluding diaryl/α,β-unsaturated/α-hetero) is 1. The van der Waals surface area contributed by atoms with E-state index >= 15 is 0 Å². The third-order valence-corrected chi connectivity index (χ3v) is 4.38. The summed E-state index contributed by atoms with van der Waals surface area (Å²) in [4.78, 5) is 18.3. The molecule has 0 saturated heterocycles. The van der Waals surface area contributed by atoms with Crippen LogP contribution in [0.3, 0.4) is 0 Å². The Morgan fingerprint density at radius 2 is 2.08 bits per heavy atom. The molecule has 1 heterocycles. The molecule has 0 amide bonds. The number of ketones is 1. The Kier molecular flexibility index (Phi) is 6.20. The predicted octanol–water partition coefficient (Wildman–Crippen LogP) is 2.89. The van der Waals surface area contributed by atoms with Gasteiger partial charge >= 0.3 is 0 Å². The van der Waals surface area contributed by atoms with Gasteiger partial charge < -0.3 is 15.2 Å². The Morgan fingerprint density at radius 3 is 2.68 bits per heavy atom. The van der Waals surface area contributed by atoms with Crippen molar-refractivity contribution in [1.29, 1.82) is 0 Å². The molecule has 0 fully saturated rings. The van der Waals surface area contributed by atoms with Gasteiger partial charge in [0.05, 0.1) is 24.8 Å². The van der Waals surface area contributed by atoms with Crippen LogP contribution in [0.1, 0.15) is 27.2 Å². The van der Waals surface area contributed by atoms with Crippen molar-refractivity contribution in [2.45, 2.75) is 39.3 Å². The lowest BCUT2D eigenvalue weighted by Crippen LogP contribution is -2.40. The van der Waals surface area contributed by atoms with Crippen LogP contribution in [0.2, 0.25) is 0 Å². The summed E-state index contributed by atoms with van der Waals surface area (Å²) in [5, 5.41) is 0.866. The minimum Gasteiger partial charge on any atom is -0.497 e. The third-order valence-electron chi connectivity index (χ3n) is 4.38. The number of ether oxygens (including phenoxy) is 2. The van der Waals surface area contributed by atoms with Crippen molar-refractivity contribution in [2.24, 2.45) is 0 Å². The molecule has 0 saturated carbocycles. The van der Waals surface area contributed by atoms with E-state index in [1.54, 1.807) is 20.1 Å². The minimum absolute atomic E-state index is 0.142. The van der Waals surface area contributed by atoms with Crippen molar-refractivity contribution in [2.75, 3.05) is 26.4 Å². The molecule has 6 nitrogen and oxygen atoms in total. The largest absolute Gasteiger partial charge is 0.497 e. The molecule has 0 aliphatic heterocycles. The maximum atomic E-state index is 11.9. The van der Waals surface area contributed by atoms with Crippen LogP contribution in [0, 0.1) is 0 Å². The Bertz CT molecular complexity index is 748. The summed E-state index contributed by atoms with van der Waals surface area (Å²) in [6, 6.07) is 7.15. The maximum Gasteiger partial charge on any atom is 0.147 e. The first-order valence-corrected chi connectivity index (χ1v) is 8.47. The van der Waals surface area contributed by atoms with E-state index in [4.69, 9.17) is 15.2 Å². The molecular formula is C19H27N3O3. The number of hydrogen-bond acceptors (Lipinski definition) is 6. The van der Waals surface area contributed by atoms with Crippen molar-refractivity contribution < 1.29 is 14.3 Å². The number of nitrogen functional groups attached to an aromatic ring is 1. The average Bonchev–Trinajstić information content (AvgIpc) is 2.57. The van der Waals surface area contributed by atoms with Crippen LogP contribution >= 0.6 is 0 Å². The van der Waals surface area contributed by atoms with Gasteiger partial charge in [-0.15, -0.1) is 0 Å². The third kappa shape index (κ3) is 4.60. The highest BCUT2D eigenvalue weighted by Gasteiger charge is 2.22. The second-order valence-electron chi connectivity index (χ2n) is 6.29. The number of nitrogens with two attached hydrogens (primary N) is 1. The molecule has 6 heteroatoms. The number of likely N-dealkylation sites (N-methyl/N-ethyl adjacent to an activating group) is 1. The summed E-state index contributed by atoms with van der Waals surface area (Å²) in [5.41, 5.74) is 6.63. The highest BCUT2D eigenvalue weighted by atomic mass is 16.5. The molecule has 0 aliphatic rings. The Morgan fingerprint density at radius 1 is 1.36 bits per heavy atom. The molecule has 1 aromatic heterocycles. The molecule has 2 aromatic rings. The van der Waals surface area contributed by atoms with Gasteiger partial charge in [-0.2, -0.15) is 0 Å². The summed E-state index contributed by atoms with van der Waals surface area (Å²) >= 11 is 0. The number of rotatable bonds is 8. The zero-order valence-electron chi connectivity index (χ0n) is 15.6. The van der Waals surface area contributed by atoms with Crippen LogP contribution in [0.15, 0.2) is 24.3 Å². The van der Waals surface area contributed by atoms with E-state index in [-0.39, 0.29) is 17.9 Å². The molecule has 2 atom stereocenters. The topological polar surface area (TPSA) is 77.7 Å². The van der Waals surface area contributed by atoms with Crippen LogP contribution in [0.25, 0.3) is 10.9 Å². The lowest BCUT2D eigenvalue weighted by Gasteiger charge is -2.27. The fourth-order valence-corrected chi connectivity index (χ4v) is 2.88. The number of aromatic nitrogens is 1. The van der Waals surface area contributed by atoms with Crippen molar-refractivity contribution >= 4 is 22.5 Å². The van der Waals surface area contributed by atoms with Gasteiger partial charge in [0.1, 0.15) is 23.1 Å². The lowest BCUT2D eigenvalue weighted by atomic mass is 10.1. The van der Waals surface area contributed by atoms with Gasteiger partial charge in [0, 0.05) is 23.9 Å². The number of fused-ring (bicyclic) bond motifs is 1. The fourth-order valence-electron chi connectivity index (χ4n) is 2.88. The summed E-state index contributed by atoms with van der Waals surface area (Å²) in [6.07, 6.45) is 0.467. The molecular weight excluding hydrogens is 318 g/mol. The molecule has 0 spiro atoms. The molecule has 2 unspecified atom stereocenters. The molecule has 0 aliphatic carbocycles. The van der Waals surface area contributed by atoms with Crippen LogP contribution < -0.4 is 15.2 Å². The second kappa shape index (κ2) is 8.16. The fraction of sp³-hybridized carbons (Fsp3) is 0.474. The molecule has 2 N–H and O–H groups in total. The standard InChI is InChI=1S/C19H27N3O3/c1-6-22(4)17(13(3)23)9-12(2)25-18-11-19(20)21-16-10-14(24-5)7-8-15(16)18/h7-8,10-12,17H,6,9H2,1-5H3,(H2,20,21). The van der Waals surface area contributed by atoms with Crippen molar-refractivity contribution in [3.63, 3.8) is 0 Å². The molecule has 0 radical (unpaired) electrons. The first-order valence-electron chi connectivity index (χ1n) is 8.47. The van der Waals surface area contributed by atoms with E-state index in [9.17, 15) is 4.79 Å². The molecule has 25 heavy (non-hydrogen) atoms. The van der Waals surface area contributed by atoms with Crippen LogP contribution in [-0.2, 0) is 4.79 Å². The van der Waals surface area contributed by atoms with E-state index in [0.717, 1.165) is 17.4 Å². The van der Waals surface area contributed by atoms with Crippen LogP contribution in [0.5, 0.6) is 11.5 Å². The zero-order chi connectivity index (χ0) is 18.6. The molecule has 2 rings (SSSR count). The quantitative estimate of drug-likeness (QED) is 0.793. The Balaban J connectivity index is 2.25. The second-order valence-corrected chi connectivity index (χ2v) is 6.29. The van der Waals surface area contributed by atoms with Crippen LogP contribution in [0.4, 0.5) is 5.82 Å². The number of benzene rings is 1. The highest BCUT2D eigenvalue weighted by Crippen LogP contribution is 2.30. The van der Waals surface area contributed by atoms with Gasteiger partial charge in [-0.25, -0.2) is 4.98 Å². The van der Waals surface area contributed by atoms with E-state index in [1.807, 2.05) is 44.0 Å². The van der Waals surface area contributed by atoms with Crippen LogP contribution in [-0.4, -0.2) is 48.5 Å². The highest BCUT2D eigenvalue weighted by molar-refractivity contribution is 5.87. The minimum atomic E-state index is -0.162. The predicted molar refractivity (Wildman–Crippen MR) is 100 cm³/mol. The smallest absolute Gasteiger partial charge is 0.147 e. The van der Waals surface area contributed by atoms with Gasteiger partial charge in [0.2, 0.25) is 0 Å². The molecule has 136 valence electrons. The van der Waals surface area contributed by atoms with Gasteiger partial charge in [-0.05, 0) is 39.6 Å². The van der Waals surface area contributed by atoms with E-state index < -0.39 is 0 Å². The van der Waals surface area contributed by atoms with Gasteiger partial charge in [-0.3, -0.25) is 9.69 Å². The normalized spacial score (nSPS) is 13.7. The monoisotopic (exact) mass is 345 g/mol. The number of pyridine rings is 1. The van der Waals surface area contributed by atoms with Gasteiger partial charge in [-0.1, -0.05) is 6.92 Å². The van der Waals surface area contributed by atoms with Crippen molar-refractivity contribution in [3.05, 3.63) is 24.3 Å². The SMILES string of the molecule is CCN(C)C(CC(C)Oc1cc(N)nc2cc(OC)ccc12)C(C)=O. The van der Waals surface area contributed by atoms with E-state index in [0.29, 0.717) is 23.7 Å². The van der Waals surface area contributed by atoms with Crippen molar-refractivity contribution in [3.8, 4) is 11.5 Å². The molecule has 0 bridgehead atoms. The summed E-state index contributed by atoms with van der Waals surface area (Å²) in [6.45, 7) is 6.43. The Hall–Kier alpha value is -2.34. The van der Waals surface area contributed by atoms with Gasteiger partial charge in [0.15, 0.2) is 0 Å². The summed E-state index contributed by atoms with van der Waals surface area (Å²) in [7, 11) is 3.56. The first-order chi connectivity index (χ1) is 11.8. The van der Waals surface area contributed by atoms with Gasteiger partial charge in [0.25, 0.3) is 0 Å². The lowest BCUT2D eigenvalue weighted by molar-refractivity contribution is -0.122. The van der Waals surface area contributed by atoms with Crippen molar-refractivity contribution in [1.82, 2.24) is 9.88 Å². The number of carbonyl (C=O) groups excluding carboxylic acids is 1. The maximum absolute atomic E-state index is 11.9. The number of methoxy groups -OCH3 is 1. The number of hydrogen-bond donors (Lipinski definition) is 1. The first kappa shape index (κ1) is 19.0. The summed E-state index contributed by atoms with van der Waals surface area (Å²) < 4.78 is 11.4. The molecule has 1 aromatic carbocycles. The average molecular weight is 345 g/mol. The number of nitrogens with zero attached hydrogens (tertiary/aromatic N) is 2. The van der Waals surface area contributed by atoms with E-state index in [2.05, 4.69) is 4.98 Å². The summed E-state index contributed by atoms with van der Waals surface area (Å²) in [5.74, 6) is 1.91. The zero-order valence-corrected chi connectivity index (χ0v) is 15.6. The number of anilines is 1. The Labute approximate surface area is 148 Å². The van der Waals surface area contributed by atoms with E-state index in [1.165, 1.54) is 0 Å². The number of carbonyl (C=O) groups is 1.